The van der Waals surface area contributed by atoms with Crippen LogP contribution in [-0.4, -0.2) is 15.9 Å². The maximum Gasteiger partial charge on any atom is 0.343 e. The Bertz CT molecular complexity index is 1180. The van der Waals surface area contributed by atoms with E-state index in [1.807, 2.05) is 36.7 Å². The SMILES string of the molecule is CCCCCCCCCc1cnc(-c2ccc(C(=O)Oc3ccc(CCCCCCC)cc3C#N)cc2)nc1. The van der Waals surface area contributed by atoms with Gasteiger partial charge in [0.15, 0.2) is 5.82 Å². The highest BCUT2D eigenvalue weighted by molar-refractivity contribution is 5.91. The first-order valence-electron chi connectivity index (χ1n) is 14.8. The fourth-order valence-electron chi connectivity index (χ4n) is 4.68. The molecule has 0 amide bonds. The largest absolute Gasteiger partial charge is 0.422 e. The van der Waals surface area contributed by atoms with Crippen molar-refractivity contribution >= 4 is 5.97 Å². The molecule has 5 nitrogen and oxygen atoms in total. The summed E-state index contributed by atoms with van der Waals surface area (Å²) in [6, 6.07) is 14.8. The molecule has 0 fully saturated rings. The molecule has 0 radical (unpaired) electrons. The second-order valence-electron chi connectivity index (χ2n) is 10.4. The molecule has 0 saturated heterocycles. The average molecular weight is 526 g/mol. The van der Waals surface area contributed by atoms with Crippen LogP contribution in [0.25, 0.3) is 11.4 Å². The number of rotatable bonds is 17. The molecule has 0 bridgehead atoms. The van der Waals surface area contributed by atoms with Crippen molar-refractivity contribution in [2.24, 2.45) is 0 Å². The molecule has 0 unspecified atom stereocenters. The number of esters is 1. The summed E-state index contributed by atoms with van der Waals surface area (Å²) in [4.78, 5) is 21.8. The smallest absolute Gasteiger partial charge is 0.343 e. The van der Waals surface area contributed by atoms with E-state index in [0.717, 1.165) is 36.0 Å². The first-order valence-corrected chi connectivity index (χ1v) is 14.8. The Kier molecular flexibility index (Phi) is 13.2. The first-order chi connectivity index (χ1) is 19.1. The van der Waals surface area contributed by atoms with Gasteiger partial charge >= 0.3 is 5.97 Å². The molecule has 0 spiro atoms. The number of aryl methyl sites for hydroxylation is 2. The van der Waals surface area contributed by atoms with Crippen LogP contribution in [0, 0.1) is 11.3 Å². The third kappa shape index (κ3) is 10.3. The van der Waals surface area contributed by atoms with Gasteiger partial charge in [0, 0.05) is 18.0 Å². The van der Waals surface area contributed by atoms with E-state index >= 15 is 0 Å². The van der Waals surface area contributed by atoms with Gasteiger partial charge in [0.05, 0.1) is 11.1 Å². The lowest BCUT2D eigenvalue weighted by Crippen LogP contribution is -2.09. The van der Waals surface area contributed by atoms with Gasteiger partial charge in [-0.1, -0.05) is 96.3 Å². The van der Waals surface area contributed by atoms with Crippen LogP contribution < -0.4 is 4.74 Å². The average Bonchev–Trinajstić information content (AvgIpc) is 2.97. The van der Waals surface area contributed by atoms with E-state index in [4.69, 9.17) is 4.74 Å². The summed E-state index contributed by atoms with van der Waals surface area (Å²) in [5, 5.41) is 9.59. The first kappa shape index (κ1) is 30.0. The molecule has 0 aliphatic carbocycles. The monoisotopic (exact) mass is 525 g/mol. The molecule has 0 saturated carbocycles. The van der Waals surface area contributed by atoms with Gasteiger partial charge < -0.3 is 4.74 Å². The molecule has 5 heteroatoms. The fraction of sp³-hybridized carbons (Fsp3) is 0.471. The summed E-state index contributed by atoms with van der Waals surface area (Å²) < 4.78 is 5.58. The Morgan fingerprint density at radius 2 is 1.31 bits per heavy atom. The van der Waals surface area contributed by atoms with Crippen molar-refractivity contribution in [3.63, 3.8) is 0 Å². The van der Waals surface area contributed by atoms with Crippen LogP contribution in [0.3, 0.4) is 0 Å². The zero-order valence-corrected chi connectivity index (χ0v) is 23.8. The number of nitrogens with zero attached hydrogens (tertiary/aromatic N) is 3. The third-order valence-corrected chi connectivity index (χ3v) is 7.09. The van der Waals surface area contributed by atoms with E-state index in [1.54, 1.807) is 18.2 Å². The molecule has 0 N–H and O–H groups in total. The quantitative estimate of drug-likeness (QED) is 0.0998. The minimum absolute atomic E-state index is 0.293. The molecular formula is C34H43N3O2. The van der Waals surface area contributed by atoms with E-state index < -0.39 is 5.97 Å². The summed E-state index contributed by atoms with van der Waals surface area (Å²) in [6.07, 6.45) is 20.8. The standard InChI is InChI=1S/C34H43N3O2/c1-3-5-7-9-10-12-14-16-28-25-36-33(37-26-28)29-18-20-30(21-19-29)34(38)39-32-22-17-27(23-31(32)24-35)15-13-11-8-6-4-2/h17-23,25-26H,3-16H2,1-2H3. The highest BCUT2D eigenvalue weighted by Crippen LogP contribution is 2.23. The van der Waals surface area contributed by atoms with Gasteiger partial charge in [-0.05, 0) is 61.1 Å². The zero-order valence-electron chi connectivity index (χ0n) is 23.8. The van der Waals surface area contributed by atoms with Gasteiger partial charge in [-0.25, -0.2) is 14.8 Å². The van der Waals surface area contributed by atoms with E-state index in [9.17, 15) is 10.1 Å². The van der Waals surface area contributed by atoms with Gasteiger partial charge in [0.25, 0.3) is 0 Å². The van der Waals surface area contributed by atoms with E-state index in [0.29, 0.717) is 22.7 Å². The molecule has 1 aromatic heterocycles. The molecule has 206 valence electrons. The molecule has 2 aromatic carbocycles. The predicted molar refractivity (Wildman–Crippen MR) is 158 cm³/mol. The number of nitriles is 1. The van der Waals surface area contributed by atoms with Gasteiger partial charge in [0.1, 0.15) is 11.8 Å². The van der Waals surface area contributed by atoms with Crippen LogP contribution >= 0.6 is 0 Å². The molecule has 39 heavy (non-hydrogen) atoms. The minimum Gasteiger partial charge on any atom is -0.422 e. The van der Waals surface area contributed by atoms with Crippen LogP contribution in [0.15, 0.2) is 54.9 Å². The number of carbonyl (C=O) groups is 1. The molecule has 3 aromatic rings. The maximum atomic E-state index is 12.8. The lowest BCUT2D eigenvalue weighted by molar-refractivity contribution is 0.0734. The van der Waals surface area contributed by atoms with Gasteiger partial charge in [-0.2, -0.15) is 5.26 Å². The number of benzene rings is 2. The molecular weight excluding hydrogens is 482 g/mol. The number of ether oxygens (including phenoxy) is 1. The molecule has 0 aliphatic rings. The topological polar surface area (TPSA) is 75.9 Å². The number of hydrogen-bond donors (Lipinski definition) is 0. The Balaban J connectivity index is 1.50. The van der Waals surface area contributed by atoms with Crippen LogP contribution in [0.4, 0.5) is 0 Å². The summed E-state index contributed by atoms with van der Waals surface area (Å²) in [5.74, 6) is 0.438. The predicted octanol–water partition coefficient (Wildman–Crippen LogP) is 9.04. The summed E-state index contributed by atoms with van der Waals surface area (Å²) in [7, 11) is 0. The van der Waals surface area contributed by atoms with Crippen molar-refractivity contribution in [2.75, 3.05) is 0 Å². The highest BCUT2D eigenvalue weighted by Gasteiger charge is 2.13. The third-order valence-electron chi connectivity index (χ3n) is 7.09. The van der Waals surface area contributed by atoms with Crippen molar-refractivity contribution < 1.29 is 9.53 Å². The Morgan fingerprint density at radius 1 is 0.744 bits per heavy atom. The van der Waals surface area contributed by atoms with Crippen LogP contribution in [0.2, 0.25) is 0 Å². The van der Waals surface area contributed by atoms with Crippen molar-refractivity contribution in [1.29, 1.82) is 5.26 Å². The summed E-state index contributed by atoms with van der Waals surface area (Å²) in [6.45, 7) is 4.45. The summed E-state index contributed by atoms with van der Waals surface area (Å²) >= 11 is 0. The van der Waals surface area contributed by atoms with Crippen LogP contribution in [0.5, 0.6) is 5.75 Å². The van der Waals surface area contributed by atoms with Crippen molar-refractivity contribution in [1.82, 2.24) is 9.97 Å². The minimum atomic E-state index is -0.490. The van der Waals surface area contributed by atoms with Crippen molar-refractivity contribution in [3.05, 3.63) is 77.1 Å². The Hall–Kier alpha value is -3.52. The van der Waals surface area contributed by atoms with Gasteiger partial charge in [-0.3, -0.25) is 0 Å². The number of aromatic nitrogens is 2. The normalized spacial score (nSPS) is 10.8. The van der Waals surface area contributed by atoms with Crippen molar-refractivity contribution in [2.45, 2.75) is 104 Å². The Morgan fingerprint density at radius 3 is 1.90 bits per heavy atom. The molecule has 1 heterocycles. The van der Waals surface area contributed by atoms with E-state index in [-0.39, 0.29) is 0 Å². The van der Waals surface area contributed by atoms with Gasteiger partial charge in [-0.15, -0.1) is 0 Å². The summed E-state index contributed by atoms with van der Waals surface area (Å²) in [5.41, 5.74) is 3.90. The second-order valence-corrected chi connectivity index (χ2v) is 10.4. The lowest BCUT2D eigenvalue weighted by atomic mass is 10.0. The number of carbonyl (C=O) groups excluding carboxylic acids is 1. The van der Waals surface area contributed by atoms with Crippen molar-refractivity contribution in [3.8, 4) is 23.2 Å². The van der Waals surface area contributed by atoms with E-state index in [2.05, 4.69) is 29.9 Å². The molecule has 3 rings (SSSR count). The number of unbranched alkanes of at least 4 members (excludes halogenated alkanes) is 10. The van der Waals surface area contributed by atoms with Crippen LogP contribution in [-0.2, 0) is 12.8 Å². The maximum absolute atomic E-state index is 12.8. The van der Waals surface area contributed by atoms with Crippen LogP contribution in [0.1, 0.15) is 118 Å². The lowest BCUT2D eigenvalue weighted by Gasteiger charge is -2.09. The zero-order chi connectivity index (χ0) is 27.7. The van der Waals surface area contributed by atoms with Gasteiger partial charge in [0.2, 0.25) is 0 Å². The highest BCUT2D eigenvalue weighted by atomic mass is 16.5. The second kappa shape index (κ2) is 17.1. The molecule has 0 atom stereocenters. The Labute approximate surface area is 234 Å². The number of hydrogen-bond acceptors (Lipinski definition) is 5. The van der Waals surface area contributed by atoms with E-state index in [1.165, 1.54) is 70.6 Å². The fourth-order valence-corrected chi connectivity index (χ4v) is 4.68. The molecule has 0 aliphatic heterocycles.